The largest absolute Gasteiger partial charge is 0.337 e. The van der Waals surface area contributed by atoms with E-state index in [0.29, 0.717) is 35.8 Å². The van der Waals surface area contributed by atoms with Gasteiger partial charge in [-0.2, -0.15) is 5.10 Å². The SMILES string of the molecule is O=C1CC(CC2CCCC2)=Nc2c1cnn2C1CCCN(C(=O)c2ccccc2)C1. The topological polar surface area (TPSA) is 67.6 Å². The Bertz CT molecular complexity index is 972. The van der Waals surface area contributed by atoms with Crippen molar-refractivity contribution in [2.45, 2.75) is 57.4 Å². The van der Waals surface area contributed by atoms with Crippen LogP contribution < -0.4 is 0 Å². The van der Waals surface area contributed by atoms with E-state index in [4.69, 9.17) is 4.99 Å². The first-order valence-corrected chi connectivity index (χ1v) is 11.2. The first kappa shape index (κ1) is 19.2. The van der Waals surface area contributed by atoms with Gasteiger partial charge in [0.25, 0.3) is 5.91 Å². The maximum absolute atomic E-state index is 12.9. The Labute approximate surface area is 177 Å². The van der Waals surface area contributed by atoms with Gasteiger partial charge in [-0.1, -0.05) is 43.9 Å². The van der Waals surface area contributed by atoms with E-state index < -0.39 is 0 Å². The lowest BCUT2D eigenvalue weighted by molar-refractivity contribution is 0.0673. The molecule has 1 aromatic carbocycles. The van der Waals surface area contributed by atoms with Crippen molar-refractivity contribution in [3.8, 4) is 0 Å². The number of hydrogen-bond acceptors (Lipinski definition) is 4. The molecule has 1 saturated carbocycles. The van der Waals surface area contributed by atoms with Crippen LogP contribution in [0.5, 0.6) is 0 Å². The van der Waals surface area contributed by atoms with E-state index >= 15 is 0 Å². The second kappa shape index (κ2) is 8.17. The summed E-state index contributed by atoms with van der Waals surface area (Å²) >= 11 is 0. The van der Waals surface area contributed by atoms with E-state index in [0.717, 1.165) is 31.5 Å². The fourth-order valence-corrected chi connectivity index (χ4v) is 5.17. The zero-order chi connectivity index (χ0) is 20.5. The molecule has 30 heavy (non-hydrogen) atoms. The Morgan fingerprint density at radius 1 is 1.07 bits per heavy atom. The predicted molar refractivity (Wildman–Crippen MR) is 115 cm³/mol. The molecule has 156 valence electrons. The van der Waals surface area contributed by atoms with Crippen LogP contribution in [0.3, 0.4) is 0 Å². The molecule has 2 aliphatic heterocycles. The lowest BCUT2D eigenvalue weighted by atomic mass is 9.94. The van der Waals surface area contributed by atoms with Crippen molar-refractivity contribution < 1.29 is 9.59 Å². The number of carbonyl (C=O) groups is 2. The number of fused-ring (bicyclic) bond motifs is 1. The molecule has 0 radical (unpaired) electrons. The smallest absolute Gasteiger partial charge is 0.253 e. The molecule has 6 nitrogen and oxygen atoms in total. The van der Waals surface area contributed by atoms with Gasteiger partial charge in [-0.15, -0.1) is 0 Å². The van der Waals surface area contributed by atoms with E-state index in [1.54, 1.807) is 6.20 Å². The normalized spacial score (nSPS) is 22.1. The maximum atomic E-state index is 12.9. The van der Waals surface area contributed by atoms with Gasteiger partial charge in [-0.05, 0) is 37.3 Å². The number of amides is 1. The molecule has 1 atom stereocenters. The lowest BCUT2D eigenvalue weighted by Crippen LogP contribution is -2.41. The summed E-state index contributed by atoms with van der Waals surface area (Å²) in [4.78, 5) is 32.5. The van der Waals surface area contributed by atoms with Gasteiger partial charge >= 0.3 is 0 Å². The van der Waals surface area contributed by atoms with Crippen molar-refractivity contribution in [1.29, 1.82) is 0 Å². The number of nitrogens with zero attached hydrogens (tertiary/aromatic N) is 4. The summed E-state index contributed by atoms with van der Waals surface area (Å²) in [6, 6.07) is 9.48. The summed E-state index contributed by atoms with van der Waals surface area (Å²) in [6.07, 6.45) is 9.98. The third kappa shape index (κ3) is 3.71. The van der Waals surface area contributed by atoms with Gasteiger partial charge in [0, 0.05) is 30.8 Å². The number of carbonyl (C=O) groups excluding carboxylic acids is 2. The van der Waals surface area contributed by atoms with Crippen LogP contribution in [0.1, 0.15) is 78.1 Å². The number of rotatable bonds is 4. The van der Waals surface area contributed by atoms with Crippen molar-refractivity contribution in [1.82, 2.24) is 14.7 Å². The van der Waals surface area contributed by atoms with Gasteiger partial charge in [-0.25, -0.2) is 9.67 Å². The van der Waals surface area contributed by atoms with Crippen LogP contribution in [0, 0.1) is 5.92 Å². The fraction of sp³-hybridized carbons (Fsp3) is 0.500. The Morgan fingerprint density at radius 3 is 2.67 bits per heavy atom. The van der Waals surface area contributed by atoms with E-state index in [9.17, 15) is 9.59 Å². The third-order valence-corrected chi connectivity index (χ3v) is 6.75. The highest BCUT2D eigenvalue weighted by Gasteiger charge is 2.32. The molecule has 3 aliphatic rings. The minimum Gasteiger partial charge on any atom is -0.337 e. The van der Waals surface area contributed by atoms with Gasteiger partial charge in [0.05, 0.1) is 17.8 Å². The van der Waals surface area contributed by atoms with Crippen molar-refractivity contribution in [2.75, 3.05) is 13.1 Å². The van der Waals surface area contributed by atoms with E-state index in [2.05, 4.69) is 5.10 Å². The summed E-state index contributed by atoms with van der Waals surface area (Å²) in [5.74, 6) is 1.57. The maximum Gasteiger partial charge on any atom is 0.253 e. The van der Waals surface area contributed by atoms with Crippen LogP contribution in [-0.4, -0.2) is 45.2 Å². The molecule has 2 fully saturated rings. The minimum absolute atomic E-state index is 0.0533. The molecule has 1 saturated heterocycles. The Hall–Kier alpha value is -2.76. The number of aromatic nitrogens is 2. The summed E-state index contributed by atoms with van der Waals surface area (Å²) in [5, 5.41) is 4.56. The molecule has 6 heteroatoms. The molecule has 5 rings (SSSR count). The number of hydrogen-bond donors (Lipinski definition) is 0. The lowest BCUT2D eigenvalue weighted by Gasteiger charge is -2.33. The number of Topliss-reactive ketones (excluding diaryl/α,β-unsaturated/α-hetero) is 1. The second-order valence-electron chi connectivity index (χ2n) is 8.87. The minimum atomic E-state index is 0.0533. The number of ketones is 1. The summed E-state index contributed by atoms with van der Waals surface area (Å²) in [5.41, 5.74) is 2.36. The standard InChI is InChI=1S/C24H28N4O2/c29-22-14-19(13-17-7-4-5-8-17)26-23-21(22)15-25-28(23)20-11-6-12-27(16-20)24(30)18-9-2-1-3-10-18/h1-3,9-10,15,17,20H,4-8,11-14,16H2. The molecule has 1 amide bonds. The van der Waals surface area contributed by atoms with Crippen LogP contribution >= 0.6 is 0 Å². The van der Waals surface area contributed by atoms with E-state index in [1.807, 2.05) is 39.9 Å². The fourth-order valence-electron chi connectivity index (χ4n) is 5.17. The molecule has 1 aromatic heterocycles. The van der Waals surface area contributed by atoms with Gasteiger partial charge < -0.3 is 4.90 Å². The highest BCUT2D eigenvalue weighted by atomic mass is 16.2. The summed E-state index contributed by atoms with van der Waals surface area (Å²) in [7, 11) is 0. The molecule has 1 aliphatic carbocycles. The van der Waals surface area contributed by atoms with Gasteiger partial charge in [0.2, 0.25) is 0 Å². The number of benzene rings is 1. The Morgan fingerprint density at radius 2 is 1.87 bits per heavy atom. The zero-order valence-corrected chi connectivity index (χ0v) is 17.3. The number of likely N-dealkylation sites (tertiary alicyclic amines) is 1. The average Bonchev–Trinajstić information content (AvgIpc) is 3.44. The molecule has 0 spiro atoms. The first-order valence-electron chi connectivity index (χ1n) is 11.2. The van der Waals surface area contributed by atoms with E-state index in [1.165, 1.54) is 25.7 Å². The van der Waals surface area contributed by atoms with Crippen LogP contribution in [0.25, 0.3) is 0 Å². The Kier molecular flexibility index (Phi) is 5.23. The van der Waals surface area contributed by atoms with Crippen molar-refractivity contribution >= 4 is 23.2 Å². The Balaban J connectivity index is 1.37. The summed E-state index contributed by atoms with van der Waals surface area (Å²) in [6.45, 7) is 1.35. The van der Waals surface area contributed by atoms with Gasteiger partial charge in [-0.3, -0.25) is 9.59 Å². The molecule has 0 N–H and O–H groups in total. The van der Waals surface area contributed by atoms with Crippen LogP contribution in [0.4, 0.5) is 5.82 Å². The van der Waals surface area contributed by atoms with Crippen molar-refractivity contribution in [3.05, 3.63) is 47.7 Å². The first-order chi connectivity index (χ1) is 14.7. The zero-order valence-electron chi connectivity index (χ0n) is 17.3. The van der Waals surface area contributed by atoms with E-state index in [-0.39, 0.29) is 17.7 Å². The van der Waals surface area contributed by atoms with Gasteiger partial charge in [0.15, 0.2) is 11.6 Å². The number of piperidine rings is 1. The highest BCUT2D eigenvalue weighted by Crippen LogP contribution is 2.35. The molecular formula is C24H28N4O2. The van der Waals surface area contributed by atoms with Crippen LogP contribution in [-0.2, 0) is 0 Å². The summed E-state index contributed by atoms with van der Waals surface area (Å²) < 4.78 is 1.91. The molecule has 1 unspecified atom stereocenters. The number of aliphatic imine (C=N–C) groups is 1. The molecular weight excluding hydrogens is 376 g/mol. The van der Waals surface area contributed by atoms with Crippen LogP contribution in [0.2, 0.25) is 0 Å². The second-order valence-corrected chi connectivity index (χ2v) is 8.87. The predicted octanol–water partition coefficient (Wildman–Crippen LogP) is 4.60. The average molecular weight is 405 g/mol. The molecule has 0 bridgehead atoms. The quantitative estimate of drug-likeness (QED) is 0.748. The third-order valence-electron chi connectivity index (χ3n) is 6.75. The highest BCUT2D eigenvalue weighted by molar-refractivity contribution is 6.15. The molecule has 2 aromatic rings. The van der Waals surface area contributed by atoms with Gasteiger partial charge in [0.1, 0.15) is 0 Å². The molecule has 3 heterocycles. The van der Waals surface area contributed by atoms with Crippen molar-refractivity contribution in [2.24, 2.45) is 10.9 Å². The van der Waals surface area contributed by atoms with Crippen molar-refractivity contribution in [3.63, 3.8) is 0 Å². The van der Waals surface area contributed by atoms with Crippen LogP contribution in [0.15, 0.2) is 41.5 Å². The monoisotopic (exact) mass is 404 g/mol.